The number of rotatable bonds is 3. The Labute approximate surface area is 155 Å². The summed E-state index contributed by atoms with van der Waals surface area (Å²) >= 11 is 1.43. The SMILES string of the molecule is O=C(Oc1ccccc1/C=C1\Sc2ccccc2C1=O)c1ccccc1. The number of ketones is 1. The molecule has 4 rings (SSSR count). The molecular weight excluding hydrogens is 344 g/mol. The van der Waals surface area contributed by atoms with E-state index < -0.39 is 5.97 Å². The van der Waals surface area contributed by atoms with Gasteiger partial charge in [0.1, 0.15) is 5.75 Å². The van der Waals surface area contributed by atoms with Crippen LogP contribution < -0.4 is 4.74 Å². The predicted molar refractivity (Wildman–Crippen MR) is 102 cm³/mol. The molecule has 0 bridgehead atoms. The van der Waals surface area contributed by atoms with Gasteiger partial charge in [-0.3, -0.25) is 4.79 Å². The van der Waals surface area contributed by atoms with Crippen LogP contribution in [0.3, 0.4) is 0 Å². The van der Waals surface area contributed by atoms with Crippen molar-refractivity contribution in [3.05, 3.63) is 100 Å². The molecule has 1 heterocycles. The summed E-state index contributed by atoms with van der Waals surface area (Å²) < 4.78 is 5.55. The van der Waals surface area contributed by atoms with Crippen LogP contribution in [-0.4, -0.2) is 11.8 Å². The van der Waals surface area contributed by atoms with Gasteiger partial charge in [0.05, 0.1) is 10.5 Å². The average Bonchev–Trinajstić information content (AvgIpc) is 3.00. The van der Waals surface area contributed by atoms with Crippen LogP contribution in [0.5, 0.6) is 5.75 Å². The monoisotopic (exact) mass is 358 g/mol. The lowest BCUT2D eigenvalue weighted by atomic mass is 10.1. The number of carbonyl (C=O) groups is 2. The van der Waals surface area contributed by atoms with Crippen LogP contribution in [0.15, 0.2) is 88.7 Å². The van der Waals surface area contributed by atoms with E-state index in [0.29, 0.717) is 27.3 Å². The average molecular weight is 358 g/mol. The quantitative estimate of drug-likeness (QED) is 0.365. The Hall–Kier alpha value is -3.11. The molecule has 0 unspecified atom stereocenters. The minimum atomic E-state index is -0.426. The number of esters is 1. The summed E-state index contributed by atoms with van der Waals surface area (Å²) in [6.45, 7) is 0. The van der Waals surface area contributed by atoms with Crippen molar-refractivity contribution in [3.8, 4) is 5.75 Å². The standard InChI is InChI=1S/C22H14O3S/c23-21-17-11-5-7-13-19(17)26-20(21)14-16-10-4-6-12-18(16)25-22(24)15-8-2-1-3-9-15/h1-14H/b20-14-. The van der Waals surface area contributed by atoms with Crippen molar-refractivity contribution >= 4 is 29.6 Å². The second kappa shape index (κ2) is 7.02. The molecular formula is C22H14O3S. The first kappa shape index (κ1) is 16.4. The lowest BCUT2D eigenvalue weighted by Gasteiger charge is -2.08. The molecule has 0 saturated carbocycles. The van der Waals surface area contributed by atoms with Crippen molar-refractivity contribution in [2.24, 2.45) is 0 Å². The smallest absolute Gasteiger partial charge is 0.343 e. The molecule has 0 aliphatic carbocycles. The predicted octanol–water partition coefficient (Wildman–Crippen LogP) is 5.24. The number of ether oxygens (including phenoxy) is 1. The first-order chi connectivity index (χ1) is 12.7. The largest absolute Gasteiger partial charge is 0.422 e. The molecule has 3 nitrogen and oxygen atoms in total. The van der Waals surface area contributed by atoms with E-state index in [9.17, 15) is 9.59 Å². The van der Waals surface area contributed by atoms with Gasteiger partial charge in [-0.05, 0) is 36.4 Å². The molecule has 0 atom stereocenters. The van der Waals surface area contributed by atoms with Crippen LogP contribution >= 0.6 is 11.8 Å². The molecule has 0 fully saturated rings. The number of thioether (sulfide) groups is 1. The van der Waals surface area contributed by atoms with Crippen molar-refractivity contribution in [1.82, 2.24) is 0 Å². The number of allylic oxidation sites excluding steroid dienone is 1. The summed E-state index contributed by atoms with van der Waals surface area (Å²) in [7, 11) is 0. The van der Waals surface area contributed by atoms with Crippen LogP contribution in [0, 0.1) is 0 Å². The Morgan fingerprint density at radius 3 is 2.35 bits per heavy atom. The third kappa shape index (κ3) is 3.19. The van der Waals surface area contributed by atoms with E-state index in [1.54, 1.807) is 42.5 Å². The Morgan fingerprint density at radius 2 is 1.54 bits per heavy atom. The maximum atomic E-state index is 12.6. The summed E-state index contributed by atoms with van der Waals surface area (Å²) in [5.74, 6) is -0.00173. The van der Waals surface area contributed by atoms with E-state index in [-0.39, 0.29) is 5.78 Å². The highest BCUT2D eigenvalue weighted by molar-refractivity contribution is 8.04. The molecule has 0 amide bonds. The van der Waals surface area contributed by atoms with Crippen molar-refractivity contribution in [2.75, 3.05) is 0 Å². The second-order valence-corrected chi connectivity index (χ2v) is 6.81. The van der Waals surface area contributed by atoms with Gasteiger partial charge in [0.25, 0.3) is 0 Å². The van der Waals surface area contributed by atoms with E-state index in [1.165, 1.54) is 11.8 Å². The molecule has 1 aliphatic heterocycles. The molecule has 1 aliphatic rings. The summed E-state index contributed by atoms with van der Waals surface area (Å²) in [4.78, 5) is 26.5. The number of hydrogen-bond acceptors (Lipinski definition) is 4. The highest BCUT2D eigenvalue weighted by Gasteiger charge is 2.25. The van der Waals surface area contributed by atoms with E-state index in [1.807, 2.05) is 42.5 Å². The maximum absolute atomic E-state index is 12.6. The Bertz CT molecular complexity index is 1020. The van der Waals surface area contributed by atoms with Crippen LogP contribution in [0.4, 0.5) is 0 Å². The van der Waals surface area contributed by atoms with Gasteiger partial charge >= 0.3 is 5.97 Å². The zero-order chi connectivity index (χ0) is 17.9. The second-order valence-electron chi connectivity index (χ2n) is 5.73. The third-order valence-corrected chi connectivity index (χ3v) is 5.09. The van der Waals surface area contributed by atoms with E-state index >= 15 is 0 Å². The zero-order valence-corrected chi connectivity index (χ0v) is 14.5. The fourth-order valence-electron chi connectivity index (χ4n) is 2.70. The summed E-state index contributed by atoms with van der Waals surface area (Å²) in [5, 5.41) is 0. The molecule has 0 spiro atoms. The van der Waals surface area contributed by atoms with E-state index in [4.69, 9.17) is 4.74 Å². The fourth-order valence-corrected chi connectivity index (χ4v) is 3.75. The highest BCUT2D eigenvalue weighted by atomic mass is 32.2. The van der Waals surface area contributed by atoms with Gasteiger partial charge in [-0.15, -0.1) is 0 Å². The lowest BCUT2D eigenvalue weighted by Crippen LogP contribution is -2.09. The fraction of sp³-hybridized carbons (Fsp3) is 0. The Balaban J connectivity index is 1.63. The number of Topliss-reactive ketones (excluding diaryl/α,β-unsaturated/α-hetero) is 1. The number of carbonyl (C=O) groups excluding carboxylic acids is 2. The number of para-hydroxylation sites is 1. The first-order valence-electron chi connectivity index (χ1n) is 8.12. The molecule has 0 N–H and O–H groups in total. The van der Waals surface area contributed by atoms with E-state index in [0.717, 1.165) is 4.90 Å². The van der Waals surface area contributed by atoms with Gasteiger partial charge in [0.15, 0.2) is 0 Å². The molecule has 0 aromatic heterocycles. The highest BCUT2D eigenvalue weighted by Crippen LogP contribution is 2.41. The Morgan fingerprint density at radius 1 is 0.846 bits per heavy atom. The number of benzene rings is 3. The van der Waals surface area contributed by atoms with Crippen LogP contribution in [0.2, 0.25) is 0 Å². The van der Waals surface area contributed by atoms with Crippen molar-refractivity contribution in [1.29, 1.82) is 0 Å². The van der Waals surface area contributed by atoms with Crippen molar-refractivity contribution in [2.45, 2.75) is 4.90 Å². The summed E-state index contributed by atoms with van der Waals surface area (Å²) in [6, 6.07) is 23.6. The number of fused-ring (bicyclic) bond motifs is 1. The third-order valence-electron chi connectivity index (χ3n) is 3.99. The first-order valence-corrected chi connectivity index (χ1v) is 8.93. The van der Waals surface area contributed by atoms with Crippen LogP contribution in [-0.2, 0) is 0 Å². The van der Waals surface area contributed by atoms with Crippen molar-refractivity contribution < 1.29 is 14.3 Å². The van der Waals surface area contributed by atoms with Gasteiger partial charge in [-0.1, -0.05) is 60.3 Å². The van der Waals surface area contributed by atoms with Crippen LogP contribution in [0.25, 0.3) is 6.08 Å². The van der Waals surface area contributed by atoms with Crippen LogP contribution in [0.1, 0.15) is 26.3 Å². The van der Waals surface area contributed by atoms with Gasteiger partial charge in [0.2, 0.25) is 5.78 Å². The van der Waals surface area contributed by atoms with E-state index in [2.05, 4.69) is 0 Å². The topological polar surface area (TPSA) is 43.4 Å². The minimum absolute atomic E-state index is 0.00483. The molecule has 0 radical (unpaired) electrons. The normalized spacial score (nSPS) is 14.3. The summed E-state index contributed by atoms with van der Waals surface area (Å²) in [5.41, 5.74) is 1.89. The number of hydrogen-bond donors (Lipinski definition) is 0. The molecule has 0 saturated heterocycles. The van der Waals surface area contributed by atoms with Gasteiger partial charge < -0.3 is 4.74 Å². The molecule has 4 heteroatoms. The molecule has 26 heavy (non-hydrogen) atoms. The van der Waals surface area contributed by atoms with Gasteiger partial charge in [-0.25, -0.2) is 4.79 Å². The van der Waals surface area contributed by atoms with Gasteiger partial charge in [0, 0.05) is 16.0 Å². The van der Waals surface area contributed by atoms with Gasteiger partial charge in [-0.2, -0.15) is 0 Å². The zero-order valence-electron chi connectivity index (χ0n) is 13.7. The molecule has 126 valence electrons. The Kier molecular flexibility index (Phi) is 4.42. The maximum Gasteiger partial charge on any atom is 0.343 e. The molecule has 3 aromatic carbocycles. The van der Waals surface area contributed by atoms with Crippen molar-refractivity contribution in [3.63, 3.8) is 0 Å². The summed E-state index contributed by atoms with van der Waals surface area (Å²) in [6.07, 6.45) is 1.78. The minimum Gasteiger partial charge on any atom is -0.422 e. The molecule has 3 aromatic rings. The lowest BCUT2D eigenvalue weighted by molar-refractivity contribution is 0.0734.